The second-order valence-electron chi connectivity index (χ2n) is 8.52. The Kier molecular flexibility index (Phi) is 4.41. The van der Waals surface area contributed by atoms with Gasteiger partial charge in [-0.3, -0.25) is 9.59 Å². The van der Waals surface area contributed by atoms with Crippen LogP contribution in [-0.4, -0.2) is 11.6 Å². The molecule has 144 valence electrons. The zero-order chi connectivity index (χ0) is 19.6. The number of hydrogen-bond acceptors (Lipinski definition) is 2. The number of fused-ring (bicyclic) bond motifs is 5. The molecular formula is C24H22Cl2O2. The van der Waals surface area contributed by atoms with Gasteiger partial charge in [0.05, 0.1) is 10.0 Å². The lowest BCUT2D eigenvalue weighted by atomic mass is 9.81. The van der Waals surface area contributed by atoms with Crippen LogP contribution in [0.15, 0.2) is 36.4 Å². The lowest BCUT2D eigenvalue weighted by molar-refractivity contribution is -0.125. The maximum Gasteiger partial charge on any atom is 0.151 e. The van der Waals surface area contributed by atoms with E-state index in [0.29, 0.717) is 21.9 Å². The molecule has 2 aromatic rings. The molecule has 0 spiro atoms. The van der Waals surface area contributed by atoms with Gasteiger partial charge >= 0.3 is 0 Å². The van der Waals surface area contributed by atoms with E-state index in [1.807, 2.05) is 24.3 Å². The van der Waals surface area contributed by atoms with E-state index < -0.39 is 5.92 Å². The fourth-order valence-electron chi connectivity index (χ4n) is 5.98. The average molecular weight is 413 g/mol. The van der Waals surface area contributed by atoms with E-state index in [-0.39, 0.29) is 23.4 Å². The number of carbonyl (C=O) groups excluding carboxylic acids is 2. The van der Waals surface area contributed by atoms with Crippen LogP contribution >= 0.6 is 23.2 Å². The second kappa shape index (κ2) is 6.71. The summed E-state index contributed by atoms with van der Waals surface area (Å²) in [5.41, 5.74) is 3.89. The summed E-state index contributed by atoms with van der Waals surface area (Å²) in [6.45, 7) is 2.08. The maximum absolute atomic E-state index is 13.3. The van der Waals surface area contributed by atoms with Crippen LogP contribution < -0.4 is 0 Å². The molecule has 0 aliphatic heterocycles. The Morgan fingerprint density at radius 2 is 1.46 bits per heavy atom. The van der Waals surface area contributed by atoms with Crippen LogP contribution in [0.25, 0.3) is 11.1 Å². The van der Waals surface area contributed by atoms with Crippen molar-refractivity contribution in [1.82, 2.24) is 0 Å². The van der Waals surface area contributed by atoms with E-state index in [1.54, 1.807) is 6.07 Å². The molecule has 4 unspecified atom stereocenters. The summed E-state index contributed by atoms with van der Waals surface area (Å²) in [7, 11) is 0. The maximum atomic E-state index is 13.3. The Labute approximate surface area is 175 Å². The summed E-state index contributed by atoms with van der Waals surface area (Å²) in [6.07, 6.45) is 4.10. The molecule has 4 heteroatoms. The molecule has 3 saturated carbocycles. The van der Waals surface area contributed by atoms with Crippen LogP contribution in [0.3, 0.4) is 0 Å². The molecule has 3 aliphatic rings. The van der Waals surface area contributed by atoms with Crippen molar-refractivity contribution >= 4 is 34.8 Å². The largest absolute Gasteiger partial charge is 0.298 e. The Hall–Kier alpha value is -1.64. The molecule has 2 aromatic carbocycles. The first-order chi connectivity index (χ1) is 13.5. The summed E-state index contributed by atoms with van der Waals surface area (Å²) in [6, 6.07) is 11.7. The number of benzene rings is 2. The lowest BCUT2D eigenvalue weighted by Crippen LogP contribution is -2.24. The molecule has 0 amide bonds. The molecule has 28 heavy (non-hydrogen) atoms. The first kappa shape index (κ1) is 18.4. The van der Waals surface area contributed by atoms with E-state index >= 15 is 0 Å². The first-order valence-electron chi connectivity index (χ1n) is 10.1. The Balaban J connectivity index is 1.58. The van der Waals surface area contributed by atoms with Gasteiger partial charge in [-0.1, -0.05) is 48.3 Å². The third-order valence-electron chi connectivity index (χ3n) is 7.23. The Morgan fingerprint density at radius 3 is 2.07 bits per heavy atom. The predicted molar refractivity (Wildman–Crippen MR) is 112 cm³/mol. The van der Waals surface area contributed by atoms with Crippen LogP contribution in [0.2, 0.25) is 10.0 Å². The lowest BCUT2D eigenvalue weighted by Gasteiger charge is -2.21. The average Bonchev–Trinajstić information content (AvgIpc) is 3.37. The van der Waals surface area contributed by atoms with E-state index in [2.05, 4.69) is 13.0 Å². The molecule has 2 nitrogen and oxygen atoms in total. The highest BCUT2D eigenvalue weighted by Crippen LogP contribution is 2.59. The van der Waals surface area contributed by atoms with Crippen molar-refractivity contribution in [3.05, 3.63) is 57.6 Å². The fourth-order valence-corrected chi connectivity index (χ4v) is 6.28. The summed E-state index contributed by atoms with van der Waals surface area (Å²) < 4.78 is 0. The minimum atomic E-state index is -0.587. The molecule has 0 heterocycles. The van der Waals surface area contributed by atoms with Gasteiger partial charge in [0, 0.05) is 11.8 Å². The molecule has 0 N–H and O–H groups in total. The standard InChI is InChI=1S/C24H22Cl2O2/c1-2-12-3-4-13(14-7-8-18(25)19(26)11-14)10-17(12)22-23(27)20-15-5-6-16(9-15)21(20)24(22)28/h3-4,7-8,10-11,15-16,20-22H,2,5-6,9H2,1H3. The molecule has 0 aromatic heterocycles. The number of ketones is 2. The third-order valence-corrected chi connectivity index (χ3v) is 7.97. The number of aryl methyl sites for hydroxylation is 1. The minimum absolute atomic E-state index is 0.0328. The topological polar surface area (TPSA) is 34.1 Å². The smallest absolute Gasteiger partial charge is 0.151 e. The van der Waals surface area contributed by atoms with Crippen LogP contribution in [0.5, 0.6) is 0 Å². The Morgan fingerprint density at radius 1 is 0.857 bits per heavy atom. The van der Waals surface area contributed by atoms with Crippen LogP contribution in [0, 0.1) is 23.7 Å². The predicted octanol–water partition coefficient (Wildman–Crippen LogP) is 6.12. The molecule has 5 rings (SSSR count). The van der Waals surface area contributed by atoms with Gasteiger partial charge < -0.3 is 0 Å². The van der Waals surface area contributed by atoms with Gasteiger partial charge in [-0.05, 0) is 78.0 Å². The highest BCUT2D eigenvalue weighted by molar-refractivity contribution is 6.42. The normalized spacial score (nSPS) is 30.9. The van der Waals surface area contributed by atoms with Crippen LogP contribution in [0.1, 0.15) is 43.2 Å². The van der Waals surface area contributed by atoms with Gasteiger partial charge in [0.15, 0.2) is 11.6 Å². The number of Topliss-reactive ketones (excluding diaryl/α,β-unsaturated/α-hetero) is 2. The third kappa shape index (κ3) is 2.61. The quantitative estimate of drug-likeness (QED) is 0.568. The van der Waals surface area contributed by atoms with Crippen molar-refractivity contribution in [2.45, 2.75) is 38.5 Å². The number of hydrogen-bond donors (Lipinski definition) is 0. The van der Waals surface area contributed by atoms with Gasteiger partial charge in [0.2, 0.25) is 0 Å². The van der Waals surface area contributed by atoms with Crippen molar-refractivity contribution in [2.24, 2.45) is 23.7 Å². The summed E-state index contributed by atoms with van der Waals surface area (Å²) in [5.74, 6) is 0.547. The van der Waals surface area contributed by atoms with Crippen molar-refractivity contribution < 1.29 is 9.59 Å². The van der Waals surface area contributed by atoms with Crippen molar-refractivity contribution in [3.63, 3.8) is 0 Å². The number of rotatable bonds is 3. The fraction of sp³-hybridized carbons (Fsp3) is 0.417. The highest BCUT2D eigenvalue weighted by atomic mass is 35.5. The van der Waals surface area contributed by atoms with Gasteiger partial charge in [0.1, 0.15) is 5.92 Å². The van der Waals surface area contributed by atoms with Gasteiger partial charge in [0.25, 0.3) is 0 Å². The van der Waals surface area contributed by atoms with Gasteiger partial charge in [-0.25, -0.2) is 0 Å². The zero-order valence-electron chi connectivity index (χ0n) is 15.8. The summed E-state index contributed by atoms with van der Waals surface area (Å²) in [4.78, 5) is 26.7. The summed E-state index contributed by atoms with van der Waals surface area (Å²) >= 11 is 12.3. The van der Waals surface area contributed by atoms with Crippen molar-refractivity contribution in [3.8, 4) is 11.1 Å². The monoisotopic (exact) mass is 412 g/mol. The first-order valence-corrected chi connectivity index (χ1v) is 10.9. The van der Waals surface area contributed by atoms with E-state index in [0.717, 1.165) is 47.9 Å². The number of carbonyl (C=O) groups is 2. The summed E-state index contributed by atoms with van der Waals surface area (Å²) in [5, 5.41) is 1.01. The van der Waals surface area contributed by atoms with Crippen LogP contribution in [0.4, 0.5) is 0 Å². The molecule has 0 radical (unpaired) electrons. The molecular weight excluding hydrogens is 391 g/mol. The molecule has 3 aliphatic carbocycles. The Bertz CT molecular complexity index is 968. The SMILES string of the molecule is CCc1ccc(-c2ccc(Cl)c(Cl)c2)cc1C1C(=O)C2C3CCC(C3)C2C1=O. The molecule has 2 bridgehead atoms. The van der Waals surface area contributed by atoms with E-state index in [4.69, 9.17) is 23.2 Å². The van der Waals surface area contributed by atoms with Gasteiger partial charge in [-0.2, -0.15) is 0 Å². The second-order valence-corrected chi connectivity index (χ2v) is 9.33. The van der Waals surface area contributed by atoms with Crippen molar-refractivity contribution in [2.75, 3.05) is 0 Å². The molecule has 3 fully saturated rings. The minimum Gasteiger partial charge on any atom is -0.298 e. The van der Waals surface area contributed by atoms with E-state index in [9.17, 15) is 9.59 Å². The van der Waals surface area contributed by atoms with Crippen LogP contribution in [-0.2, 0) is 16.0 Å². The van der Waals surface area contributed by atoms with Crippen molar-refractivity contribution in [1.29, 1.82) is 0 Å². The molecule has 0 saturated heterocycles. The van der Waals surface area contributed by atoms with E-state index in [1.165, 1.54) is 0 Å². The number of halogens is 2. The highest BCUT2D eigenvalue weighted by Gasteiger charge is 2.61. The molecule has 4 atom stereocenters. The zero-order valence-corrected chi connectivity index (χ0v) is 17.3. The van der Waals surface area contributed by atoms with Gasteiger partial charge in [-0.15, -0.1) is 0 Å².